The molecule has 5 heterocycles. The van der Waals surface area contributed by atoms with E-state index in [4.69, 9.17) is 5.73 Å². The first kappa shape index (κ1) is 52.8. The number of hydrogen-bond donors (Lipinski definition) is 2. The van der Waals surface area contributed by atoms with Crippen LogP contribution in [0.3, 0.4) is 0 Å². The lowest BCUT2D eigenvalue weighted by atomic mass is 9.86. The third kappa shape index (κ3) is 13.1. The van der Waals surface area contributed by atoms with Gasteiger partial charge in [-0.05, 0) is 132 Å². The number of carbonyl (C=O) groups is 5. The summed E-state index contributed by atoms with van der Waals surface area (Å²) in [4.78, 5) is 88.2. The van der Waals surface area contributed by atoms with Gasteiger partial charge < -0.3 is 25.3 Å². The smallest absolute Gasteiger partial charge is 0.272 e. The van der Waals surface area contributed by atoms with Crippen molar-refractivity contribution in [3.8, 4) is 0 Å². The van der Waals surface area contributed by atoms with Gasteiger partial charge in [0.05, 0.1) is 23.2 Å². The quantitative estimate of drug-likeness (QED) is 0.162. The number of fused-ring (bicyclic) bond motifs is 1. The molecule has 1 unspecified atom stereocenters. The third-order valence-electron chi connectivity index (χ3n) is 16.7. The number of likely N-dealkylation sites (tertiary alicyclic amines) is 2. The first-order chi connectivity index (χ1) is 35.8. The Balaban J connectivity index is 0.000000279. The summed E-state index contributed by atoms with van der Waals surface area (Å²) >= 11 is 0. The van der Waals surface area contributed by atoms with Gasteiger partial charge in [0.25, 0.3) is 11.5 Å². The van der Waals surface area contributed by atoms with E-state index < -0.39 is 11.7 Å². The van der Waals surface area contributed by atoms with Gasteiger partial charge in [0.1, 0.15) is 5.82 Å². The summed E-state index contributed by atoms with van der Waals surface area (Å²) in [6.45, 7) is 12.6. The van der Waals surface area contributed by atoms with Gasteiger partial charge in [0, 0.05) is 107 Å². The SMILES string of the molecule is CC1CN(CC2CCN(CC(=O)N3CCN(C(=O)c4cc(Cc5n[nH]c(=O)c6ccccc56)ccc4F)CC3)CC2)C[C@H](C)N1C(=O)CC1CCCCC1.NC(=O)c1cccc([C@@H]2CCCN(C(=O)C3CC3)C2)c1. The first-order valence-electron chi connectivity index (χ1n) is 27.5. The Labute approximate surface area is 435 Å². The molecule has 0 radical (unpaired) electrons. The van der Waals surface area contributed by atoms with E-state index in [0.29, 0.717) is 97.3 Å². The maximum Gasteiger partial charge on any atom is 0.272 e. The minimum atomic E-state index is -0.587. The summed E-state index contributed by atoms with van der Waals surface area (Å²) in [5.41, 5.74) is 8.08. The van der Waals surface area contributed by atoms with Crippen LogP contribution in [-0.4, -0.2) is 160 Å². The van der Waals surface area contributed by atoms with Crippen LogP contribution in [0.5, 0.6) is 0 Å². The highest BCUT2D eigenvalue weighted by Gasteiger charge is 2.37. The van der Waals surface area contributed by atoms with Gasteiger partial charge in [-0.3, -0.25) is 38.6 Å². The molecule has 0 bridgehead atoms. The van der Waals surface area contributed by atoms with E-state index in [-0.39, 0.29) is 40.9 Å². The van der Waals surface area contributed by atoms with E-state index in [1.54, 1.807) is 35.2 Å². The van der Waals surface area contributed by atoms with Crippen LogP contribution >= 0.6 is 0 Å². The van der Waals surface area contributed by atoms with Gasteiger partial charge in [-0.15, -0.1) is 0 Å². The number of carbonyl (C=O) groups excluding carboxylic acids is 5. The topological polar surface area (TPSA) is 177 Å². The molecule has 6 aliphatic rings. The lowest BCUT2D eigenvalue weighted by molar-refractivity contribution is -0.141. The number of piperazine rings is 2. The number of piperidine rings is 2. The van der Waals surface area contributed by atoms with Crippen LogP contribution in [0.1, 0.15) is 134 Å². The Hall–Kier alpha value is -6.00. The fourth-order valence-electron chi connectivity index (χ4n) is 12.5. The van der Waals surface area contributed by atoms with Gasteiger partial charge >= 0.3 is 0 Å². The molecule has 6 fully saturated rings. The summed E-state index contributed by atoms with van der Waals surface area (Å²) in [6, 6.07) is 19.7. The Morgan fingerprint density at radius 1 is 0.676 bits per heavy atom. The molecule has 396 valence electrons. The highest BCUT2D eigenvalue weighted by molar-refractivity contribution is 5.95. The zero-order valence-electron chi connectivity index (χ0n) is 43.5. The van der Waals surface area contributed by atoms with Crippen molar-refractivity contribution in [1.82, 2.24) is 39.6 Å². The summed E-state index contributed by atoms with van der Waals surface area (Å²) in [6.07, 6.45) is 13.6. The standard InChI is InChI=1S/C42H56FN7O4.C16H20N2O2/c1-29-25-47(26-30(2)50(29)39(51)24-31-8-4-3-5-9-31)27-32-14-16-46(17-15-32)28-40(52)48-18-20-49(21-19-48)42(54)36-22-33(12-13-37(36)43)23-38-34-10-6-7-11-35(34)41(53)45-44-38;17-15(19)13-4-1-3-12(9-13)14-5-2-8-18(10-14)16(20)11-6-7-11/h6-7,10-13,22,29-32H,3-5,8-9,14-21,23-28H2,1-2H3,(H,45,53);1,3-4,9,11,14H,2,5-8,10H2,(H2,17,19)/t29-,30?;14-/m01/s1. The molecule has 2 saturated carbocycles. The molecule has 3 atom stereocenters. The fraction of sp³-hybridized carbons (Fsp3) is 0.569. The van der Waals surface area contributed by atoms with Gasteiger partial charge in [0.15, 0.2) is 0 Å². The van der Waals surface area contributed by atoms with Crippen molar-refractivity contribution in [1.29, 1.82) is 0 Å². The molecule has 10 rings (SSSR count). The molecule has 15 nitrogen and oxygen atoms in total. The Kier molecular flexibility index (Phi) is 17.2. The number of nitrogens with zero attached hydrogens (tertiary/aromatic N) is 7. The maximum absolute atomic E-state index is 15.0. The normalized spacial score (nSPS) is 22.6. The zero-order chi connectivity index (χ0) is 51.9. The van der Waals surface area contributed by atoms with Crippen LogP contribution in [0.2, 0.25) is 0 Å². The van der Waals surface area contributed by atoms with Crippen molar-refractivity contribution < 1.29 is 28.4 Å². The van der Waals surface area contributed by atoms with E-state index in [2.05, 4.69) is 38.7 Å². The van der Waals surface area contributed by atoms with Crippen molar-refractivity contribution in [2.24, 2.45) is 23.5 Å². The molecule has 5 amide bonds. The van der Waals surface area contributed by atoms with E-state index in [1.807, 2.05) is 40.1 Å². The van der Waals surface area contributed by atoms with Gasteiger partial charge in [-0.1, -0.05) is 55.7 Å². The lowest BCUT2D eigenvalue weighted by Crippen LogP contribution is -2.59. The molecule has 0 spiro atoms. The molecule has 1 aromatic heterocycles. The molecular weight excluding hydrogens is 938 g/mol. The number of hydrogen-bond acceptors (Lipinski definition) is 9. The Bertz CT molecular complexity index is 2690. The lowest BCUT2D eigenvalue weighted by Gasteiger charge is -2.46. The largest absolute Gasteiger partial charge is 0.366 e. The highest BCUT2D eigenvalue weighted by Crippen LogP contribution is 2.35. The van der Waals surface area contributed by atoms with E-state index in [0.717, 1.165) is 95.3 Å². The molecule has 2 aliphatic carbocycles. The fourth-order valence-corrected chi connectivity index (χ4v) is 12.5. The molecule has 4 saturated heterocycles. The number of aromatic nitrogens is 2. The van der Waals surface area contributed by atoms with E-state index in [1.165, 1.54) is 38.2 Å². The minimum absolute atomic E-state index is 0.00202. The minimum Gasteiger partial charge on any atom is -0.366 e. The maximum atomic E-state index is 15.0. The third-order valence-corrected chi connectivity index (χ3v) is 16.7. The average Bonchev–Trinajstić information content (AvgIpc) is 4.27. The van der Waals surface area contributed by atoms with Gasteiger partial charge in [-0.25, -0.2) is 9.49 Å². The van der Waals surface area contributed by atoms with Crippen molar-refractivity contribution >= 4 is 40.3 Å². The number of nitrogens with one attached hydrogen (secondary N) is 1. The first-order valence-corrected chi connectivity index (χ1v) is 27.5. The van der Waals surface area contributed by atoms with Crippen molar-refractivity contribution in [3.63, 3.8) is 0 Å². The van der Waals surface area contributed by atoms with Gasteiger partial charge in [0.2, 0.25) is 23.6 Å². The zero-order valence-corrected chi connectivity index (χ0v) is 43.5. The second-order valence-corrected chi connectivity index (χ2v) is 22.2. The summed E-state index contributed by atoms with van der Waals surface area (Å²) in [7, 11) is 0. The molecule has 74 heavy (non-hydrogen) atoms. The predicted molar refractivity (Wildman–Crippen MR) is 283 cm³/mol. The van der Waals surface area contributed by atoms with E-state index in [9.17, 15) is 33.2 Å². The van der Waals surface area contributed by atoms with Crippen LogP contribution in [0.4, 0.5) is 4.39 Å². The molecule has 4 aliphatic heterocycles. The number of primary amides is 1. The van der Waals surface area contributed by atoms with Crippen LogP contribution in [-0.2, 0) is 20.8 Å². The van der Waals surface area contributed by atoms with Crippen molar-refractivity contribution in [2.45, 2.75) is 115 Å². The van der Waals surface area contributed by atoms with Crippen LogP contribution in [0, 0.1) is 23.6 Å². The molecular formula is C58H76FN9O6. The molecule has 16 heteroatoms. The number of rotatable bonds is 12. The Morgan fingerprint density at radius 3 is 2.08 bits per heavy atom. The van der Waals surface area contributed by atoms with Crippen LogP contribution < -0.4 is 11.3 Å². The molecule has 4 aromatic rings. The number of benzene rings is 3. The Morgan fingerprint density at radius 2 is 1.38 bits per heavy atom. The van der Waals surface area contributed by atoms with Crippen molar-refractivity contribution in [3.05, 3.63) is 111 Å². The molecule has 3 aromatic carbocycles. The number of H-pyrrole nitrogens is 1. The van der Waals surface area contributed by atoms with Crippen molar-refractivity contribution in [2.75, 3.05) is 78.5 Å². The monoisotopic (exact) mass is 1010 g/mol. The number of aromatic amines is 1. The highest BCUT2D eigenvalue weighted by atomic mass is 19.1. The number of halogens is 1. The second-order valence-electron chi connectivity index (χ2n) is 22.2. The summed E-state index contributed by atoms with van der Waals surface area (Å²) in [5.74, 6) is 1.13. The molecule has 3 N–H and O–H groups in total. The van der Waals surface area contributed by atoms with Gasteiger partial charge in [-0.2, -0.15) is 5.10 Å². The summed E-state index contributed by atoms with van der Waals surface area (Å²) < 4.78 is 15.0. The van der Waals surface area contributed by atoms with Crippen LogP contribution in [0.15, 0.2) is 71.5 Å². The number of nitrogens with two attached hydrogens (primary N) is 1. The summed E-state index contributed by atoms with van der Waals surface area (Å²) in [5, 5.41) is 8.01. The van der Waals surface area contributed by atoms with E-state index >= 15 is 0 Å². The second kappa shape index (κ2) is 24.1. The van der Waals surface area contributed by atoms with Crippen LogP contribution in [0.25, 0.3) is 10.8 Å². The average molecular weight is 1010 g/mol. The number of amides is 5. The predicted octanol–water partition coefficient (Wildman–Crippen LogP) is 6.44.